The number of carbonyl (C=O) groups excluding carboxylic acids is 2. The van der Waals surface area contributed by atoms with Gasteiger partial charge in [-0.15, -0.1) is 0 Å². The van der Waals surface area contributed by atoms with Crippen molar-refractivity contribution in [2.45, 2.75) is 88.2 Å². The standard InChI is InChI=1S/C29H36F3N3O5S/c1-20-13-15-21(16-14-20)18-25(33-27(36)22-8-3-2-4-9-22)34-28(37)40-26-12-5-6-17-35(26)41(38,39)24-11-7-10-23(19-24)29(30,31)32/h7,10-11,13-16,19,22,25-26H,2-6,8-9,12,17-18H2,1H3,(H,33,36)(H,34,37)/t25-,26-/m0/s1. The van der Waals surface area contributed by atoms with Crippen LogP contribution in [0.1, 0.15) is 68.1 Å². The number of carbonyl (C=O) groups is 2. The Morgan fingerprint density at radius 1 is 0.976 bits per heavy atom. The Balaban J connectivity index is 1.48. The average Bonchev–Trinajstić information content (AvgIpc) is 2.94. The van der Waals surface area contributed by atoms with Gasteiger partial charge in [-0.2, -0.15) is 17.5 Å². The highest BCUT2D eigenvalue weighted by Crippen LogP contribution is 2.33. The molecule has 0 bridgehead atoms. The molecule has 8 nitrogen and oxygen atoms in total. The number of piperidine rings is 1. The van der Waals surface area contributed by atoms with E-state index >= 15 is 0 Å². The molecule has 1 aliphatic heterocycles. The molecule has 0 radical (unpaired) electrons. The molecule has 0 spiro atoms. The molecule has 0 unspecified atom stereocenters. The smallest absolute Gasteiger partial charge is 0.416 e. The van der Waals surface area contributed by atoms with Gasteiger partial charge in [0.05, 0.1) is 10.5 Å². The van der Waals surface area contributed by atoms with Gasteiger partial charge in [0.25, 0.3) is 0 Å². The number of sulfonamides is 1. The molecular weight excluding hydrogens is 559 g/mol. The fourth-order valence-electron chi connectivity index (χ4n) is 5.29. The summed E-state index contributed by atoms with van der Waals surface area (Å²) in [5, 5.41) is 5.59. The van der Waals surface area contributed by atoms with Crippen molar-refractivity contribution in [2.75, 3.05) is 6.54 Å². The number of hydrogen-bond acceptors (Lipinski definition) is 5. The van der Waals surface area contributed by atoms with Crippen molar-refractivity contribution in [3.05, 3.63) is 65.2 Å². The minimum Gasteiger partial charge on any atom is -0.429 e. The van der Waals surface area contributed by atoms with Gasteiger partial charge in [0.1, 0.15) is 6.17 Å². The van der Waals surface area contributed by atoms with E-state index in [0.29, 0.717) is 18.9 Å². The minimum absolute atomic E-state index is 0.0122. The van der Waals surface area contributed by atoms with E-state index in [9.17, 15) is 31.2 Å². The van der Waals surface area contributed by atoms with Crippen LogP contribution in [0.3, 0.4) is 0 Å². The van der Waals surface area contributed by atoms with Crippen LogP contribution in [-0.2, 0) is 32.2 Å². The number of nitrogens with zero attached hydrogens (tertiary/aromatic N) is 1. The maximum atomic E-state index is 13.4. The second-order valence-corrected chi connectivity index (χ2v) is 12.6. The second-order valence-electron chi connectivity index (χ2n) is 10.7. The molecule has 2 amide bonds. The molecule has 4 rings (SSSR count). The summed E-state index contributed by atoms with van der Waals surface area (Å²) in [5.74, 6) is -0.304. The summed E-state index contributed by atoms with van der Waals surface area (Å²) in [6.07, 6.45) is -1.59. The van der Waals surface area contributed by atoms with Crippen LogP contribution in [0.5, 0.6) is 0 Å². The fraction of sp³-hybridized carbons (Fsp3) is 0.517. The molecular formula is C29H36F3N3O5S. The summed E-state index contributed by atoms with van der Waals surface area (Å²) in [4.78, 5) is 25.5. The largest absolute Gasteiger partial charge is 0.429 e. The molecule has 224 valence electrons. The van der Waals surface area contributed by atoms with Gasteiger partial charge in [-0.1, -0.05) is 55.2 Å². The van der Waals surface area contributed by atoms with Crippen LogP contribution in [0.15, 0.2) is 53.4 Å². The number of aryl methyl sites for hydroxylation is 1. The highest BCUT2D eigenvalue weighted by atomic mass is 32.2. The molecule has 2 atom stereocenters. The number of amides is 2. The Labute approximate surface area is 238 Å². The molecule has 1 aliphatic carbocycles. The maximum absolute atomic E-state index is 13.4. The summed E-state index contributed by atoms with van der Waals surface area (Å²) in [5.41, 5.74) is 0.845. The van der Waals surface area contributed by atoms with Crippen molar-refractivity contribution in [3.63, 3.8) is 0 Å². The van der Waals surface area contributed by atoms with Crippen molar-refractivity contribution in [1.29, 1.82) is 0 Å². The molecule has 2 aliphatic rings. The fourth-order valence-corrected chi connectivity index (χ4v) is 6.91. The lowest BCUT2D eigenvalue weighted by Crippen LogP contribution is -2.53. The zero-order valence-electron chi connectivity index (χ0n) is 23.0. The summed E-state index contributed by atoms with van der Waals surface area (Å²) in [7, 11) is -4.40. The molecule has 2 aromatic rings. The van der Waals surface area contributed by atoms with Crippen molar-refractivity contribution in [2.24, 2.45) is 5.92 Å². The predicted octanol–water partition coefficient (Wildman–Crippen LogP) is 5.51. The minimum atomic E-state index is -4.71. The van der Waals surface area contributed by atoms with Crippen LogP contribution in [0.4, 0.5) is 18.0 Å². The molecule has 2 aromatic carbocycles. The van der Waals surface area contributed by atoms with Crippen molar-refractivity contribution in [3.8, 4) is 0 Å². The zero-order chi connectivity index (χ0) is 29.6. The summed E-state index contributed by atoms with van der Waals surface area (Å²) < 4.78 is 72.9. The molecule has 41 heavy (non-hydrogen) atoms. The molecule has 1 saturated heterocycles. The van der Waals surface area contributed by atoms with E-state index in [2.05, 4.69) is 10.6 Å². The molecule has 2 fully saturated rings. The molecule has 2 N–H and O–H groups in total. The first-order chi connectivity index (χ1) is 19.4. The number of alkyl halides is 3. The van der Waals surface area contributed by atoms with E-state index in [-0.39, 0.29) is 31.2 Å². The number of rotatable bonds is 8. The SMILES string of the molecule is Cc1ccc(C[C@H](NC(=O)O[C@H]2CCCCN2S(=O)(=O)c2cccc(C(F)(F)F)c2)NC(=O)C2CCCCC2)cc1. The molecule has 0 aromatic heterocycles. The first-order valence-electron chi connectivity index (χ1n) is 14.0. The predicted molar refractivity (Wildman–Crippen MR) is 146 cm³/mol. The third-order valence-corrected chi connectivity index (χ3v) is 9.44. The van der Waals surface area contributed by atoms with E-state index in [1.165, 1.54) is 0 Å². The number of alkyl carbamates (subject to hydrolysis) is 1. The average molecular weight is 596 g/mol. The lowest BCUT2D eigenvalue weighted by molar-refractivity contribution is -0.137. The lowest BCUT2D eigenvalue weighted by atomic mass is 9.88. The summed E-state index contributed by atoms with van der Waals surface area (Å²) >= 11 is 0. The number of ether oxygens (including phenoxy) is 1. The van der Waals surface area contributed by atoms with Crippen LogP contribution in [0.2, 0.25) is 0 Å². The van der Waals surface area contributed by atoms with E-state index in [4.69, 9.17) is 4.74 Å². The first kappa shape index (κ1) is 30.8. The third-order valence-electron chi connectivity index (χ3n) is 7.56. The van der Waals surface area contributed by atoms with Crippen LogP contribution >= 0.6 is 0 Å². The van der Waals surface area contributed by atoms with Gasteiger partial charge in [-0.25, -0.2) is 13.2 Å². The monoisotopic (exact) mass is 595 g/mol. The molecule has 1 heterocycles. The van der Waals surface area contributed by atoms with Crippen molar-refractivity contribution >= 4 is 22.0 Å². The Kier molecular flexibility index (Phi) is 9.96. The topological polar surface area (TPSA) is 105 Å². The van der Waals surface area contributed by atoms with Gasteiger partial charge in [0.2, 0.25) is 15.9 Å². The van der Waals surface area contributed by atoms with Crippen molar-refractivity contribution in [1.82, 2.24) is 14.9 Å². The Hall–Kier alpha value is -3.12. The van der Waals surface area contributed by atoms with Crippen LogP contribution in [0.25, 0.3) is 0 Å². The second kappa shape index (κ2) is 13.2. The van der Waals surface area contributed by atoms with Gasteiger partial charge in [0.15, 0.2) is 6.23 Å². The maximum Gasteiger partial charge on any atom is 0.416 e. The van der Waals surface area contributed by atoms with Gasteiger partial charge in [-0.3, -0.25) is 4.79 Å². The Morgan fingerprint density at radius 3 is 2.34 bits per heavy atom. The van der Waals surface area contributed by atoms with Gasteiger partial charge in [-0.05, 0) is 62.8 Å². The highest BCUT2D eigenvalue weighted by molar-refractivity contribution is 7.89. The number of halogens is 3. The van der Waals surface area contributed by atoms with Crippen molar-refractivity contribution < 1.29 is 35.9 Å². The quantitative estimate of drug-likeness (QED) is 0.392. The van der Waals surface area contributed by atoms with Gasteiger partial charge in [0, 0.05) is 18.9 Å². The number of benzene rings is 2. The Bertz CT molecular complexity index is 1310. The summed E-state index contributed by atoms with van der Waals surface area (Å²) in [6, 6.07) is 11.1. The summed E-state index contributed by atoms with van der Waals surface area (Å²) in [6.45, 7) is 1.94. The van der Waals surface area contributed by atoms with Gasteiger partial charge >= 0.3 is 12.3 Å². The van der Waals surface area contributed by atoms with Crippen LogP contribution in [-0.4, -0.2) is 43.7 Å². The Morgan fingerprint density at radius 2 is 1.66 bits per heavy atom. The molecule has 1 saturated carbocycles. The third kappa shape index (κ3) is 8.22. The van der Waals surface area contributed by atoms with Crippen LogP contribution < -0.4 is 10.6 Å². The first-order valence-corrected chi connectivity index (χ1v) is 15.4. The van der Waals surface area contributed by atoms with E-state index < -0.39 is 45.1 Å². The molecule has 12 heteroatoms. The van der Waals surface area contributed by atoms with E-state index in [0.717, 1.165) is 65.7 Å². The zero-order valence-corrected chi connectivity index (χ0v) is 23.8. The number of hydrogen-bond donors (Lipinski definition) is 2. The van der Waals surface area contributed by atoms with Gasteiger partial charge < -0.3 is 15.4 Å². The van der Waals surface area contributed by atoms with E-state index in [1.807, 2.05) is 31.2 Å². The highest BCUT2D eigenvalue weighted by Gasteiger charge is 2.38. The van der Waals surface area contributed by atoms with E-state index in [1.54, 1.807) is 0 Å². The van der Waals surface area contributed by atoms with Crippen LogP contribution in [0, 0.1) is 12.8 Å². The lowest BCUT2D eigenvalue weighted by Gasteiger charge is -2.34. The number of nitrogens with one attached hydrogen (secondary N) is 2. The normalized spacial score (nSPS) is 19.8.